The monoisotopic (exact) mass is 515 g/mol. The molecule has 0 radical (unpaired) electrons. The molecule has 0 aromatic heterocycles. The second-order valence-corrected chi connectivity index (χ2v) is 10.9. The molecule has 0 unspecified atom stereocenters. The van der Waals surface area contributed by atoms with Crippen molar-refractivity contribution in [1.82, 2.24) is 4.90 Å². The summed E-state index contributed by atoms with van der Waals surface area (Å²) in [5.74, 6) is -0.211. The van der Waals surface area contributed by atoms with Gasteiger partial charge in [0.1, 0.15) is 10.6 Å². The number of aryl methyl sites for hydroxylation is 1. The lowest BCUT2D eigenvalue weighted by Crippen LogP contribution is -2.27. The normalized spacial score (nSPS) is 15.1. The van der Waals surface area contributed by atoms with Crippen LogP contribution in [0.3, 0.4) is 0 Å². The van der Waals surface area contributed by atoms with E-state index in [0.29, 0.717) is 10.5 Å². The van der Waals surface area contributed by atoms with Crippen LogP contribution in [0, 0.1) is 6.92 Å². The van der Waals surface area contributed by atoms with Gasteiger partial charge in [-0.25, -0.2) is 0 Å². The molecule has 0 saturated carbocycles. The van der Waals surface area contributed by atoms with E-state index in [4.69, 9.17) is 4.18 Å². The van der Waals surface area contributed by atoms with Crippen molar-refractivity contribution >= 4 is 49.9 Å². The summed E-state index contributed by atoms with van der Waals surface area (Å²) in [5.41, 5.74) is 2.48. The molecule has 4 aromatic carbocycles. The second kappa shape index (κ2) is 9.64. The average Bonchev–Trinajstić information content (AvgIpc) is 3.13. The minimum atomic E-state index is -3.96. The molecule has 0 bridgehead atoms. The first-order chi connectivity index (χ1) is 17.3. The number of hydrogen-bond donors (Lipinski definition) is 0. The van der Waals surface area contributed by atoms with Gasteiger partial charge in [0.2, 0.25) is 0 Å². The van der Waals surface area contributed by atoms with Gasteiger partial charge in [0.15, 0.2) is 0 Å². The van der Waals surface area contributed by atoms with Crippen molar-refractivity contribution in [2.24, 2.45) is 0 Å². The van der Waals surface area contributed by atoms with Crippen LogP contribution in [0.1, 0.15) is 16.7 Å². The summed E-state index contributed by atoms with van der Waals surface area (Å²) in [6, 6.07) is 26.4. The maximum atomic E-state index is 13.0. The Bertz CT molecular complexity index is 1600. The molecule has 6 nitrogen and oxygen atoms in total. The quantitative estimate of drug-likeness (QED) is 0.226. The van der Waals surface area contributed by atoms with E-state index in [1.807, 2.05) is 49.4 Å². The first kappa shape index (κ1) is 23.8. The molecule has 1 saturated heterocycles. The van der Waals surface area contributed by atoms with Gasteiger partial charge in [0, 0.05) is 0 Å². The van der Waals surface area contributed by atoms with Gasteiger partial charge < -0.3 is 4.18 Å². The summed E-state index contributed by atoms with van der Waals surface area (Å²) in [6.45, 7) is 2.06. The van der Waals surface area contributed by atoms with Crippen molar-refractivity contribution in [3.63, 3.8) is 0 Å². The van der Waals surface area contributed by atoms with Crippen LogP contribution in [0.5, 0.6) is 5.75 Å². The molecule has 5 rings (SSSR count). The largest absolute Gasteiger partial charge is 0.379 e. The highest BCUT2D eigenvalue weighted by Gasteiger charge is 2.35. The Kier molecular flexibility index (Phi) is 6.38. The second-order valence-electron chi connectivity index (χ2n) is 8.33. The van der Waals surface area contributed by atoms with Crippen LogP contribution in [0.2, 0.25) is 0 Å². The molecule has 0 spiro atoms. The summed E-state index contributed by atoms with van der Waals surface area (Å²) in [4.78, 5) is 27.3. The van der Waals surface area contributed by atoms with Crippen molar-refractivity contribution in [3.05, 3.63) is 113 Å². The fourth-order valence-electron chi connectivity index (χ4n) is 3.89. The van der Waals surface area contributed by atoms with E-state index >= 15 is 0 Å². The predicted octanol–water partition coefficient (Wildman–Crippen LogP) is 6.15. The zero-order valence-electron chi connectivity index (χ0n) is 19.2. The Morgan fingerprint density at radius 3 is 2.31 bits per heavy atom. The maximum absolute atomic E-state index is 13.0. The highest BCUT2D eigenvalue weighted by molar-refractivity contribution is 8.18. The highest BCUT2D eigenvalue weighted by Crippen LogP contribution is 2.34. The van der Waals surface area contributed by atoms with Gasteiger partial charge in [-0.2, -0.15) is 8.42 Å². The maximum Gasteiger partial charge on any atom is 0.339 e. The van der Waals surface area contributed by atoms with Gasteiger partial charge in [-0.15, -0.1) is 0 Å². The molecular formula is C28H21NO5S2. The average molecular weight is 516 g/mol. The highest BCUT2D eigenvalue weighted by atomic mass is 32.2. The molecule has 1 fully saturated rings. The van der Waals surface area contributed by atoms with Crippen LogP contribution < -0.4 is 4.18 Å². The molecule has 1 aliphatic rings. The molecule has 0 N–H and O–H groups in total. The lowest BCUT2D eigenvalue weighted by atomic mass is 10.0. The smallest absolute Gasteiger partial charge is 0.339 e. The fourth-order valence-corrected chi connectivity index (χ4v) is 5.66. The number of hydrogen-bond acceptors (Lipinski definition) is 6. The number of imide groups is 1. The van der Waals surface area contributed by atoms with Crippen molar-refractivity contribution in [1.29, 1.82) is 0 Å². The van der Waals surface area contributed by atoms with E-state index in [1.54, 1.807) is 30.3 Å². The van der Waals surface area contributed by atoms with Crippen molar-refractivity contribution < 1.29 is 22.2 Å². The van der Waals surface area contributed by atoms with E-state index in [9.17, 15) is 18.0 Å². The first-order valence-electron chi connectivity index (χ1n) is 11.1. The van der Waals surface area contributed by atoms with Crippen LogP contribution in [0.15, 0.2) is 101 Å². The molecule has 0 atom stereocenters. The summed E-state index contributed by atoms with van der Waals surface area (Å²) < 4.78 is 30.2. The molecule has 1 heterocycles. The summed E-state index contributed by atoms with van der Waals surface area (Å²) >= 11 is 0.885. The van der Waals surface area contributed by atoms with E-state index in [2.05, 4.69) is 0 Å². The molecule has 0 aliphatic carbocycles. The molecule has 2 amide bonds. The van der Waals surface area contributed by atoms with Gasteiger partial charge in [-0.3, -0.25) is 14.5 Å². The molecule has 1 aliphatic heterocycles. The zero-order valence-corrected chi connectivity index (χ0v) is 20.9. The van der Waals surface area contributed by atoms with Crippen LogP contribution in [0.25, 0.3) is 16.8 Å². The van der Waals surface area contributed by atoms with Crippen molar-refractivity contribution in [2.75, 3.05) is 0 Å². The SMILES string of the molecule is Cc1ccc(S(=O)(=O)Oc2ccc(/C=C3\SC(=O)N(Cc4cccc5ccccc45)C3=O)cc2)cc1. The molecule has 180 valence electrons. The van der Waals surface area contributed by atoms with Gasteiger partial charge in [-0.05, 0) is 70.9 Å². The Morgan fingerprint density at radius 2 is 1.56 bits per heavy atom. The molecular weight excluding hydrogens is 494 g/mol. The number of nitrogens with zero attached hydrogens (tertiary/aromatic N) is 1. The molecule has 8 heteroatoms. The number of fused-ring (bicyclic) bond motifs is 1. The Balaban J connectivity index is 1.31. The van der Waals surface area contributed by atoms with Crippen LogP contribution >= 0.6 is 11.8 Å². The summed E-state index contributed by atoms with van der Waals surface area (Å²) in [5, 5.41) is 1.71. The molecule has 4 aromatic rings. The van der Waals surface area contributed by atoms with Crippen molar-refractivity contribution in [3.8, 4) is 5.75 Å². The van der Waals surface area contributed by atoms with Gasteiger partial charge in [0.05, 0.1) is 11.4 Å². The Labute approximate surface area is 213 Å². The predicted molar refractivity (Wildman–Crippen MR) is 141 cm³/mol. The fraction of sp³-hybridized carbons (Fsp3) is 0.0714. The minimum absolute atomic E-state index is 0.0667. The lowest BCUT2D eigenvalue weighted by molar-refractivity contribution is -0.123. The first-order valence-corrected chi connectivity index (χ1v) is 13.4. The standard InChI is InChI=1S/C28H21NO5S2/c1-19-9-15-24(16-10-19)36(32,33)34-23-13-11-20(12-14-23)17-26-27(30)29(28(31)35-26)18-22-7-4-6-21-5-2-3-8-25(21)22/h2-17H,18H2,1H3/b26-17-. The Hall–Kier alpha value is -3.88. The van der Waals surface area contributed by atoms with E-state index in [0.717, 1.165) is 33.7 Å². The van der Waals surface area contributed by atoms with E-state index in [1.165, 1.54) is 29.2 Å². The van der Waals surface area contributed by atoms with Crippen LogP contribution in [0.4, 0.5) is 4.79 Å². The number of carbonyl (C=O) groups is 2. The number of amides is 2. The zero-order chi connectivity index (χ0) is 25.3. The number of rotatable bonds is 6. The number of carbonyl (C=O) groups excluding carboxylic acids is 2. The van der Waals surface area contributed by atoms with E-state index < -0.39 is 10.1 Å². The third-order valence-electron chi connectivity index (χ3n) is 5.78. The number of thioether (sulfide) groups is 1. The van der Waals surface area contributed by atoms with Gasteiger partial charge in [0.25, 0.3) is 11.1 Å². The van der Waals surface area contributed by atoms with E-state index in [-0.39, 0.29) is 28.3 Å². The lowest BCUT2D eigenvalue weighted by Gasteiger charge is -2.14. The summed E-state index contributed by atoms with van der Waals surface area (Å²) in [6.07, 6.45) is 1.62. The third kappa shape index (κ3) is 4.91. The topological polar surface area (TPSA) is 80.8 Å². The van der Waals surface area contributed by atoms with Gasteiger partial charge >= 0.3 is 10.1 Å². The summed E-state index contributed by atoms with van der Waals surface area (Å²) in [7, 11) is -3.96. The van der Waals surface area contributed by atoms with Crippen molar-refractivity contribution in [2.45, 2.75) is 18.4 Å². The van der Waals surface area contributed by atoms with Crippen LogP contribution in [-0.4, -0.2) is 24.5 Å². The number of benzene rings is 4. The van der Waals surface area contributed by atoms with Crippen LogP contribution in [-0.2, 0) is 21.5 Å². The molecule has 36 heavy (non-hydrogen) atoms. The minimum Gasteiger partial charge on any atom is -0.379 e. The third-order valence-corrected chi connectivity index (χ3v) is 7.94. The Morgan fingerprint density at radius 1 is 0.861 bits per heavy atom. The van der Waals surface area contributed by atoms with Gasteiger partial charge in [-0.1, -0.05) is 72.3 Å².